The van der Waals surface area contributed by atoms with Crippen LogP contribution in [0.1, 0.15) is 18.4 Å². The van der Waals surface area contributed by atoms with Crippen LogP contribution in [0.3, 0.4) is 0 Å². The summed E-state index contributed by atoms with van der Waals surface area (Å²) in [5, 5.41) is 7.21. The highest BCUT2D eigenvalue weighted by molar-refractivity contribution is 8.00. The molecule has 2 aromatic heterocycles. The van der Waals surface area contributed by atoms with Gasteiger partial charge in [-0.05, 0) is 31.2 Å². The average Bonchev–Trinajstić information content (AvgIpc) is 3.31. The number of aromatic nitrogens is 3. The highest BCUT2D eigenvalue weighted by atomic mass is 32.2. The number of benzene rings is 1. The molecule has 0 aliphatic carbocycles. The van der Waals surface area contributed by atoms with Crippen LogP contribution in [0.15, 0.2) is 49.7 Å². The predicted molar refractivity (Wildman–Crippen MR) is 116 cm³/mol. The Kier molecular flexibility index (Phi) is 5.87. The number of hydrogen-bond donors (Lipinski definition) is 1. The van der Waals surface area contributed by atoms with E-state index < -0.39 is 0 Å². The molecule has 1 amide bonds. The average molecular weight is 445 g/mol. The van der Waals surface area contributed by atoms with Gasteiger partial charge in [0.15, 0.2) is 11.0 Å². The third-order valence-corrected chi connectivity index (χ3v) is 6.59. The number of carbonyl (C=O) groups excluding carboxylic acids is 1. The summed E-state index contributed by atoms with van der Waals surface area (Å²) in [5.41, 5.74) is 1.35. The highest BCUT2D eigenvalue weighted by Crippen LogP contribution is 2.35. The van der Waals surface area contributed by atoms with Crippen LogP contribution >= 0.6 is 23.5 Å². The van der Waals surface area contributed by atoms with Gasteiger partial charge < -0.3 is 14.6 Å². The van der Waals surface area contributed by atoms with Gasteiger partial charge in [-0.15, -0.1) is 11.8 Å². The van der Waals surface area contributed by atoms with E-state index in [1.165, 1.54) is 11.8 Å². The lowest BCUT2D eigenvalue weighted by molar-refractivity contribution is -0.113. The predicted octanol–water partition coefficient (Wildman–Crippen LogP) is 3.31. The Morgan fingerprint density at radius 1 is 1.40 bits per heavy atom. The molecule has 1 atom stereocenters. The first-order valence-electron chi connectivity index (χ1n) is 9.27. The van der Waals surface area contributed by atoms with Crippen LogP contribution in [0.5, 0.6) is 5.75 Å². The Bertz CT molecular complexity index is 1140. The van der Waals surface area contributed by atoms with Crippen LogP contribution in [-0.4, -0.2) is 38.7 Å². The minimum atomic E-state index is -0.257. The third-order valence-electron chi connectivity index (χ3n) is 4.44. The molecule has 0 spiro atoms. The van der Waals surface area contributed by atoms with Gasteiger partial charge in [0.1, 0.15) is 11.5 Å². The number of ether oxygens (including phenoxy) is 1. The smallest absolute Gasteiger partial charge is 0.272 e. The van der Waals surface area contributed by atoms with E-state index in [1.54, 1.807) is 60.7 Å². The first kappa shape index (κ1) is 20.5. The van der Waals surface area contributed by atoms with Crippen molar-refractivity contribution in [3.05, 3.63) is 52.1 Å². The Hall–Kier alpha value is -2.72. The maximum atomic E-state index is 13.3. The molecule has 1 N–H and O–H groups in total. The summed E-state index contributed by atoms with van der Waals surface area (Å²) in [6.45, 7) is 3.82. The fraction of sp³-hybridized carbons (Fsp3) is 0.300. The number of anilines is 1. The highest BCUT2D eigenvalue weighted by Gasteiger charge is 2.27. The second-order valence-corrected chi connectivity index (χ2v) is 9.19. The molecule has 156 valence electrons. The van der Waals surface area contributed by atoms with E-state index in [2.05, 4.69) is 17.4 Å². The van der Waals surface area contributed by atoms with Crippen LogP contribution in [0.2, 0.25) is 0 Å². The van der Waals surface area contributed by atoms with Gasteiger partial charge in [-0.1, -0.05) is 23.8 Å². The van der Waals surface area contributed by atoms with Crippen molar-refractivity contribution >= 4 is 35.2 Å². The van der Waals surface area contributed by atoms with Crippen molar-refractivity contribution in [1.82, 2.24) is 14.7 Å². The molecule has 3 aromatic rings. The van der Waals surface area contributed by atoms with Crippen molar-refractivity contribution in [3.8, 4) is 11.4 Å². The molecular formula is C20H20N4O4S2. The standard InChI is InChI=1S/C20H20N4O4S2/c1-11-8-16(23-28-11)22-17(25)10-29-20-21-15-9-12(2)30-18(15)19(26)24(20)13-4-6-14(27-3)7-5-13/h4-8,12H,9-10H2,1-3H3,(H,22,23,25)/t12-/m1/s1. The van der Waals surface area contributed by atoms with Gasteiger partial charge in [-0.2, -0.15) is 0 Å². The lowest BCUT2D eigenvalue weighted by Gasteiger charge is -2.14. The van der Waals surface area contributed by atoms with E-state index in [1.807, 2.05) is 0 Å². The quantitative estimate of drug-likeness (QED) is 0.457. The van der Waals surface area contributed by atoms with Crippen molar-refractivity contribution in [2.24, 2.45) is 0 Å². The number of methoxy groups -OCH3 is 1. The minimum absolute atomic E-state index is 0.0794. The van der Waals surface area contributed by atoms with E-state index in [9.17, 15) is 9.59 Å². The molecule has 10 heteroatoms. The Labute approximate surface area is 181 Å². The zero-order valence-electron chi connectivity index (χ0n) is 16.7. The van der Waals surface area contributed by atoms with Gasteiger partial charge >= 0.3 is 0 Å². The first-order chi connectivity index (χ1) is 14.4. The molecule has 3 heterocycles. The summed E-state index contributed by atoms with van der Waals surface area (Å²) < 4.78 is 11.7. The fourth-order valence-corrected chi connectivity index (χ4v) is 5.02. The van der Waals surface area contributed by atoms with Crippen molar-refractivity contribution < 1.29 is 14.1 Å². The van der Waals surface area contributed by atoms with Gasteiger partial charge in [0.05, 0.1) is 29.1 Å². The zero-order valence-corrected chi connectivity index (χ0v) is 18.3. The number of nitrogens with one attached hydrogen (secondary N) is 1. The van der Waals surface area contributed by atoms with E-state index in [4.69, 9.17) is 14.2 Å². The number of aryl methyl sites for hydroxylation is 1. The maximum absolute atomic E-state index is 13.3. The lowest BCUT2D eigenvalue weighted by atomic mass is 10.2. The number of carbonyl (C=O) groups is 1. The molecule has 1 aliphatic heterocycles. The number of rotatable bonds is 6. The summed E-state index contributed by atoms with van der Waals surface area (Å²) in [6.07, 6.45) is 0.733. The van der Waals surface area contributed by atoms with Gasteiger partial charge in [0.25, 0.3) is 5.56 Å². The molecule has 0 saturated carbocycles. The van der Waals surface area contributed by atoms with Gasteiger partial charge in [-0.3, -0.25) is 14.2 Å². The molecule has 0 saturated heterocycles. The number of thioether (sulfide) groups is 2. The molecule has 1 aromatic carbocycles. The Balaban J connectivity index is 1.63. The second kappa shape index (κ2) is 8.57. The molecular weight excluding hydrogens is 424 g/mol. The van der Waals surface area contributed by atoms with Crippen LogP contribution in [0, 0.1) is 6.92 Å². The molecule has 0 bridgehead atoms. The third kappa shape index (κ3) is 4.24. The summed E-state index contributed by atoms with van der Waals surface area (Å²) in [4.78, 5) is 31.0. The summed E-state index contributed by atoms with van der Waals surface area (Å²) in [7, 11) is 1.59. The van der Waals surface area contributed by atoms with Gasteiger partial charge in [0.2, 0.25) is 5.91 Å². The molecule has 30 heavy (non-hydrogen) atoms. The van der Waals surface area contributed by atoms with E-state index in [0.717, 1.165) is 12.1 Å². The van der Waals surface area contributed by atoms with Gasteiger partial charge in [0, 0.05) is 17.7 Å². The van der Waals surface area contributed by atoms with Gasteiger partial charge in [-0.25, -0.2) is 4.98 Å². The normalized spacial score (nSPS) is 15.1. The van der Waals surface area contributed by atoms with Crippen molar-refractivity contribution in [3.63, 3.8) is 0 Å². The van der Waals surface area contributed by atoms with Crippen LogP contribution in [0.4, 0.5) is 5.82 Å². The van der Waals surface area contributed by atoms with Crippen molar-refractivity contribution in [1.29, 1.82) is 0 Å². The summed E-state index contributed by atoms with van der Waals surface area (Å²) in [6, 6.07) is 8.83. The molecule has 0 radical (unpaired) electrons. The van der Waals surface area contributed by atoms with Crippen molar-refractivity contribution in [2.75, 3.05) is 18.2 Å². The largest absolute Gasteiger partial charge is 0.497 e. The SMILES string of the molecule is COc1ccc(-n2c(SCC(=O)Nc3cc(C)on3)nc3c(c2=O)S[C@H](C)C3)cc1. The van der Waals surface area contributed by atoms with Crippen molar-refractivity contribution in [2.45, 2.75) is 35.6 Å². The van der Waals surface area contributed by atoms with E-state index in [-0.39, 0.29) is 17.2 Å². The van der Waals surface area contributed by atoms with E-state index >= 15 is 0 Å². The van der Waals surface area contributed by atoms with Crippen LogP contribution in [0.25, 0.3) is 5.69 Å². The molecule has 4 rings (SSSR count). The summed E-state index contributed by atoms with van der Waals surface area (Å²) >= 11 is 2.75. The molecule has 0 unspecified atom stereocenters. The Morgan fingerprint density at radius 2 is 2.17 bits per heavy atom. The maximum Gasteiger partial charge on any atom is 0.272 e. The second-order valence-electron chi connectivity index (χ2n) is 6.80. The lowest BCUT2D eigenvalue weighted by Crippen LogP contribution is -2.24. The number of fused-ring (bicyclic) bond motifs is 1. The van der Waals surface area contributed by atoms with E-state index in [0.29, 0.717) is 38.3 Å². The number of amides is 1. The number of hydrogen-bond acceptors (Lipinski definition) is 8. The van der Waals surface area contributed by atoms with Crippen LogP contribution < -0.4 is 15.6 Å². The molecule has 8 nitrogen and oxygen atoms in total. The minimum Gasteiger partial charge on any atom is -0.497 e. The van der Waals surface area contributed by atoms with Crippen LogP contribution in [-0.2, 0) is 11.2 Å². The zero-order chi connectivity index (χ0) is 21.3. The summed E-state index contributed by atoms with van der Waals surface area (Å²) in [5.74, 6) is 1.49. The fourth-order valence-electron chi connectivity index (χ4n) is 3.09. The Morgan fingerprint density at radius 3 is 2.83 bits per heavy atom. The number of nitrogens with zero attached hydrogens (tertiary/aromatic N) is 3. The first-order valence-corrected chi connectivity index (χ1v) is 11.1. The molecule has 0 fully saturated rings. The topological polar surface area (TPSA) is 99.2 Å². The molecule has 1 aliphatic rings. The monoisotopic (exact) mass is 444 g/mol.